The maximum Gasteiger partial charge on any atom is 0.317 e. The van der Waals surface area contributed by atoms with E-state index in [1.807, 2.05) is 41.8 Å². The van der Waals surface area contributed by atoms with Gasteiger partial charge in [-0.2, -0.15) is 11.8 Å². The van der Waals surface area contributed by atoms with Crippen LogP contribution in [0.5, 0.6) is 5.75 Å². The van der Waals surface area contributed by atoms with E-state index in [2.05, 4.69) is 11.4 Å². The second kappa shape index (κ2) is 7.43. The number of urea groups is 1. The van der Waals surface area contributed by atoms with Gasteiger partial charge >= 0.3 is 6.03 Å². The Balaban J connectivity index is 1.84. The second-order valence-corrected chi connectivity index (χ2v) is 6.23. The van der Waals surface area contributed by atoms with E-state index in [1.54, 1.807) is 7.11 Å². The summed E-state index contributed by atoms with van der Waals surface area (Å²) in [5, 5.41) is 3.07. The molecule has 1 unspecified atom stereocenters. The van der Waals surface area contributed by atoms with Crippen molar-refractivity contribution < 1.29 is 9.53 Å². The van der Waals surface area contributed by atoms with Crippen LogP contribution >= 0.6 is 11.8 Å². The van der Waals surface area contributed by atoms with Crippen molar-refractivity contribution in [3.63, 3.8) is 0 Å². The predicted octanol–water partition coefficient (Wildman–Crippen LogP) is 2.38. The highest BCUT2D eigenvalue weighted by molar-refractivity contribution is 7.99. The van der Waals surface area contributed by atoms with Gasteiger partial charge in [0.2, 0.25) is 0 Å². The number of carbonyl (C=O) groups excluding carboxylic acids is 1. The van der Waals surface area contributed by atoms with Crippen LogP contribution in [0.15, 0.2) is 24.3 Å². The van der Waals surface area contributed by atoms with Crippen molar-refractivity contribution in [2.75, 3.05) is 31.7 Å². The molecule has 4 nitrogen and oxygen atoms in total. The van der Waals surface area contributed by atoms with Gasteiger partial charge in [-0.25, -0.2) is 4.79 Å². The molecule has 1 aliphatic heterocycles. The Labute approximate surface area is 124 Å². The largest absolute Gasteiger partial charge is 0.497 e. The smallest absolute Gasteiger partial charge is 0.317 e. The quantitative estimate of drug-likeness (QED) is 0.927. The maximum absolute atomic E-state index is 12.1. The third kappa shape index (κ3) is 4.34. The van der Waals surface area contributed by atoms with Crippen LogP contribution in [0.1, 0.15) is 12.5 Å². The minimum Gasteiger partial charge on any atom is -0.497 e. The molecular weight excluding hydrogens is 272 g/mol. The average molecular weight is 294 g/mol. The number of methoxy groups -OCH3 is 1. The van der Waals surface area contributed by atoms with Crippen LogP contribution in [0.4, 0.5) is 4.79 Å². The minimum atomic E-state index is 0.0562. The Bertz CT molecular complexity index is 447. The Hall–Kier alpha value is -1.36. The van der Waals surface area contributed by atoms with E-state index < -0.39 is 0 Å². The van der Waals surface area contributed by atoms with Gasteiger partial charge in [-0.15, -0.1) is 0 Å². The Morgan fingerprint density at radius 3 is 2.90 bits per heavy atom. The Morgan fingerprint density at radius 2 is 2.20 bits per heavy atom. The molecule has 20 heavy (non-hydrogen) atoms. The second-order valence-electron chi connectivity index (χ2n) is 5.01. The zero-order valence-electron chi connectivity index (χ0n) is 12.1. The average Bonchev–Trinajstić information content (AvgIpc) is 2.48. The molecular formula is C15H22N2O2S. The van der Waals surface area contributed by atoms with Crippen molar-refractivity contribution in [3.8, 4) is 5.75 Å². The third-order valence-electron chi connectivity index (χ3n) is 3.34. The first-order chi connectivity index (χ1) is 9.69. The fourth-order valence-corrected chi connectivity index (χ4v) is 3.18. The van der Waals surface area contributed by atoms with Gasteiger partial charge in [-0.05, 0) is 31.0 Å². The SMILES string of the molecule is COc1cccc(CC(C)NC(=O)N2CCSCC2)c1. The maximum atomic E-state index is 12.1. The topological polar surface area (TPSA) is 41.6 Å². The third-order valence-corrected chi connectivity index (χ3v) is 4.29. The van der Waals surface area contributed by atoms with Crippen molar-refractivity contribution in [3.05, 3.63) is 29.8 Å². The molecule has 2 amide bonds. The van der Waals surface area contributed by atoms with Crippen molar-refractivity contribution in [2.24, 2.45) is 0 Å². The lowest BCUT2D eigenvalue weighted by Gasteiger charge is -2.28. The van der Waals surface area contributed by atoms with Gasteiger partial charge in [0.25, 0.3) is 0 Å². The van der Waals surface area contributed by atoms with Crippen molar-refractivity contribution in [1.29, 1.82) is 0 Å². The standard InChI is InChI=1S/C15H22N2O2S/c1-12(10-13-4-3-5-14(11-13)19-2)16-15(18)17-6-8-20-9-7-17/h3-5,11-12H,6-10H2,1-2H3,(H,16,18). The molecule has 1 atom stereocenters. The van der Waals surface area contributed by atoms with Crippen LogP contribution in [0.25, 0.3) is 0 Å². The van der Waals surface area contributed by atoms with E-state index in [1.165, 1.54) is 5.56 Å². The molecule has 1 saturated heterocycles. The van der Waals surface area contributed by atoms with Crippen molar-refractivity contribution in [2.45, 2.75) is 19.4 Å². The summed E-state index contributed by atoms with van der Waals surface area (Å²) in [5.41, 5.74) is 1.17. The highest BCUT2D eigenvalue weighted by Crippen LogP contribution is 2.14. The van der Waals surface area contributed by atoms with Gasteiger partial charge in [0.1, 0.15) is 5.75 Å². The molecule has 1 aromatic rings. The van der Waals surface area contributed by atoms with E-state index in [0.717, 1.165) is 36.8 Å². The molecule has 1 aliphatic rings. The number of amides is 2. The molecule has 1 heterocycles. The lowest BCUT2D eigenvalue weighted by molar-refractivity contribution is 0.199. The minimum absolute atomic E-state index is 0.0562. The molecule has 0 saturated carbocycles. The molecule has 0 bridgehead atoms. The number of rotatable bonds is 4. The zero-order chi connectivity index (χ0) is 14.4. The van der Waals surface area contributed by atoms with Crippen LogP contribution in [-0.2, 0) is 6.42 Å². The lowest BCUT2D eigenvalue weighted by atomic mass is 10.1. The molecule has 1 fully saturated rings. The number of thioether (sulfide) groups is 1. The molecule has 1 N–H and O–H groups in total. The normalized spacial score (nSPS) is 16.6. The molecule has 2 rings (SSSR count). The first-order valence-electron chi connectivity index (χ1n) is 6.95. The van der Waals surface area contributed by atoms with E-state index in [-0.39, 0.29) is 12.1 Å². The number of hydrogen-bond donors (Lipinski definition) is 1. The Morgan fingerprint density at radius 1 is 1.45 bits per heavy atom. The summed E-state index contributed by atoms with van der Waals surface area (Å²) in [6.45, 7) is 3.74. The van der Waals surface area contributed by atoms with Gasteiger partial charge < -0.3 is 15.0 Å². The van der Waals surface area contributed by atoms with Crippen LogP contribution in [0.3, 0.4) is 0 Å². The van der Waals surface area contributed by atoms with Crippen molar-refractivity contribution >= 4 is 17.8 Å². The van der Waals surface area contributed by atoms with Gasteiger partial charge in [0.15, 0.2) is 0 Å². The van der Waals surface area contributed by atoms with E-state index in [0.29, 0.717) is 0 Å². The summed E-state index contributed by atoms with van der Waals surface area (Å²) >= 11 is 1.91. The number of carbonyl (C=O) groups is 1. The van der Waals surface area contributed by atoms with Gasteiger partial charge in [-0.1, -0.05) is 12.1 Å². The van der Waals surface area contributed by atoms with E-state index >= 15 is 0 Å². The summed E-state index contributed by atoms with van der Waals surface area (Å²) in [4.78, 5) is 14.0. The summed E-state index contributed by atoms with van der Waals surface area (Å²) < 4.78 is 5.21. The number of nitrogens with zero attached hydrogens (tertiary/aromatic N) is 1. The molecule has 0 spiro atoms. The summed E-state index contributed by atoms with van der Waals surface area (Å²) in [5.74, 6) is 2.93. The first kappa shape index (κ1) is 15.0. The summed E-state index contributed by atoms with van der Waals surface area (Å²) in [6, 6.07) is 8.15. The molecule has 0 aromatic heterocycles. The van der Waals surface area contributed by atoms with Crippen molar-refractivity contribution in [1.82, 2.24) is 10.2 Å². The monoisotopic (exact) mass is 294 g/mol. The van der Waals surface area contributed by atoms with Crippen LogP contribution < -0.4 is 10.1 Å². The number of hydrogen-bond acceptors (Lipinski definition) is 3. The first-order valence-corrected chi connectivity index (χ1v) is 8.10. The number of benzene rings is 1. The van der Waals surface area contributed by atoms with E-state index in [4.69, 9.17) is 4.74 Å². The fourth-order valence-electron chi connectivity index (χ4n) is 2.27. The van der Waals surface area contributed by atoms with E-state index in [9.17, 15) is 4.79 Å². The molecule has 0 radical (unpaired) electrons. The fraction of sp³-hybridized carbons (Fsp3) is 0.533. The lowest BCUT2D eigenvalue weighted by Crippen LogP contribution is -2.47. The molecule has 5 heteroatoms. The predicted molar refractivity (Wildman–Crippen MR) is 83.6 cm³/mol. The summed E-state index contributed by atoms with van der Waals surface area (Å²) in [7, 11) is 1.67. The molecule has 110 valence electrons. The Kier molecular flexibility index (Phi) is 5.59. The molecule has 0 aliphatic carbocycles. The van der Waals surface area contributed by atoms with Gasteiger partial charge in [-0.3, -0.25) is 0 Å². The van der Waals surface area contributed by atoms with Crippen LogP contribution in [0.2, 0.25) is 0 Å². The number of ether oxygens (including phenoxy) is 1. The summed E-state index contributed by atoms with van der Waals surface area (Å²) in [6.07, 6.45) is 0.811. The van der Waals surface area contributed by atoms with Crippen LogP contribution in [0, 0.1) is 0 Å². The van der Waals surface area contributed by atoms with Crippen LogP contribution in [-0.4, -0.2) is 48.7 Å². The van der Waals surface area contributed by atoms with Gasteiger partial charge in [0.05, 0.1) is 7.11 Å². The highest BCUT2D eigenvalue weighted by Gasteiger charge is 2.18. The number of nitrogens with one attached hydrogen (secondary N) is 1. The highest BCUT2D eigenvalue weighted by atomic mass is 32.2. The van der Waals surface area contributed by atoms with Gasteiger partial charge in [0, 0.05) is 30.6 Å². The zero-order valence-corrected chi connectivity index (χ0v) is 12.9. The molecule has 1 aromatic carbocycles.